The highest BCUT2D eigenvalue weighted by atomic mass is 15.1. The van der Waals surface area contributed by atoms with Gasteiger partial charge in [0.05, 0.1) is 11.0 Å². The molecule has 0 aliphatic rings. The van der Waals surface area contributed by atoms with E-state index in [0.29, 0.717) is 0 Å². The number of benzene rings is 11. The predicted octanol–water partition coefficient (Wildman–Crippen LogP) is 16.7. The van der Waals surface area contributed by atoms with Crippen LogP contribution in [0, 0.1) is 0 Å². The molecule has 62 heavy (non-hydrogen) atoms. The normalized spacial score (nSPS) is 11.5. The van der Waals surface area contributed by atoms with Gasteiger partial charge in [0.2, 0.25) is 0 Å². The summed E-state index contributed by atoms with van der Waals surface area (Å²) in [5, 5.41) is 10.0. The largest absolute Gasteiger partial charge is 0.310 e. The minimum Gasteiger partial charge on any atom is -0.310 e. The second-order valence-electron chi connectivity index (χ2n) is 16.1. The topological polar surface area (TPSA) is 8.17 Å². The summed E-state index contributed by atoms with van der Waals surface area (Å²) in [6, 6.07) is 88.4. The summed E-state index contributed by atoms with van der Waals surface area (Å²) in [7, 11) is 0. The van der Waals surface area contributed by atoms with Crippen LogP contribution in [0.15, 0.2) is 243 Å². The number of fused-ring (bicyclic) bond motifs is 9. The maximum atomic E-state index is 2.40. The molecule has 1 heterocycles. The van der Waals surface area contributed by atoms with Crippen LogP contribution in [0.3, 0.4) is 0 Å². The second kappa shape index (κ2) is 14.8. The van der Waals surface area contributed by atoms with E-state index < -0.39 is 0 Å². The van der Waals surface area contributed by atoms with Gasteiger partial charge < -0.3 is 9.47 Å². The molecule has 2 nitrogen and oxygen atoms in total. The van der Waals surface area contributed by atoms with Crippen LogP contribution in [0.25, 0.3) is 93.2 Å². The molecule has 0 atom stereocenters. The molecular formula is C60H40N2. The van der Waals surface area contributed by atoms with Gasteiger partial charge in [0.25, 0.3) is 0 Å². The number of hydrogen-bond donors (Lipinski definition) is 0. The zero-order valence-corrected chi connectivity index (χ0v) is 34.0. The van der Waals surface area contributed by atoms with Crippen molar-refractivity contribution in [2.45, 2.75) is 0 Å². The SMILES string of the molecule is c1ccc(-c2ccc(N(c3ccc(-c4ccccc4)cc3)c3ccc4c5ccc(-c6cccc(-n7c8ccccc8c8ccccc87)c6)cc5c5ccccc5c4c3)cc2)cc1. The highest BCUT2D eigenvalue weighted by Crippen LogP contribution is 2.43. The molecule has 0 unspecified atom stereocenters. The third kappa shape index (κ3) is 6.04. The zero-order chi connectivity index (χ0) is 41.0. The molecule has 12 aromatic rings. The first-order valence-electron chi connectivity index (χ1n) is 21.3. The van der Waals surface area contributed by atoms with E-state index in [-0.39, 0.29) is 0 Å². The predicted molar refractivity (Wildman–Crippen MR) is 264 cm³/mol. The lowest BCUT2D eigenvalue weighted by Crippen LogP contribution is -2.10. The third-order valence-corrected chi connectivity index (χ3v) is 12.6. The van der Waals surface area contributed by atoms with Crippen molar-refractivity contribution < 1.29 is 0 Å². The highest BCUT2D eigenvalue weighted by molar-refractivity contribution is 6.26. The van der Waals surface area contributed by atoms with Gasteiger partial charge >= 0.3 is 0 Å². The average Bonchev–Trinajstić information content (AvgIpc) is 3.69. The minimum absolute atomic E-state index is 1.11. The van der Waals surface area contributed by atoms with E-state index in [2.05, 4.69) is 252 Å². The molecule has 0 fully saturated rings. The maximum absolute atomic E-state index is 2.40. The van der Waals surface area contributed by atoms with Crippen LogP contribution in [-0.2, 0) is 0 Å². The van der Waals surface area contributed by atoms with Gasteiger partial charge in [-0.2, -0.15) is 0 Å². The molecule has 0 bridgehead atoms. The molecule has 11 aromatic carbocycles. The number of rotatable bonds is 7. The number of aromatic nitrogens is 1. The molecule has 12 rings (SSSR count). The van der Waals surface area contributed by atoms with Crippen LogP contribution in [0.2, 0.25) is 0 Å². The molecule has 0 saturated carbocycles. The highest BCUT2D eigenvalue weighted by Gasteiger charge is 2.18. The van der Waals surface area contributed by atoms with Gasteiger partial charge in [0.15, 0.2) is 0 Å². The van der Waals surface area contributed by atoms with Crippen molar-refractivity contribution in [2.24, 2.45) is 0 Å². The minimum atomic E-state index is 1.11. The quantitative estimate of drug-likeness (QED) is 0.146. The number of hydrogen-bond acceptors (Lipinski definition) is 1. The van der Waals surface area contributed by atoms with Crippen LogP contribution in [-0.4, -0.2) is 4.57 Å². The Bertz CT molecular complexity index is 3450. The van der Waals surface area contributed by atoms with Crippen molar-refractivity contribution in [3.63, 3.8) is 0 Å². The van der Waals surface area contributed by atoms with Gasteiger partial charge in [-0.15, -0.1) is 0 Å². The Labute approximate surface area is 360 Å². The van der Waals surface area contributed by atoms with E-state index >= 15 is 0 Å². The Morgan fingerprint density at radius 2 is 0.613 bits per heavy atom. The Morgan fingerprint density at radius 1 is 0.226 bits per heavy atom. The summed E-state index contributed by atoms with van der Waals surface area (Å²) < 4.78 is 2.40. The molecule has 1 aromatic heterocycles. The molecule has 2 heteroatoms. The summed E-state index contributed by atoms with van der Waals surface area (Å²) in [4.78, 5) is 2.38. The van der Waals surface area contributed by atoms with Crippen LogP contribution < -0.4 is 4.90 Å². The molecule has 0 aliphatic carbocycles. The van der Waals surface area contributed by atoms with Crippen molar-refractivity contribution in [1.29, 1.82) is 0 Å². The smallest absolute Gasteiger partial charge is 0.0541 e. The molecule has 0 N–H and O–H groups in total. The second-order valence-corrected chi connectivity index (χ2v) is 16.1. The van der Waals surface area contributed by atoms with Gasteiger partial charge in [-0.1, -0.05) is 176 Å². The van der Waals surface area contributed by atoms with Crippen LogP contribution >= 0.6 is 0 Å². The number of para-hydroxylation sites is 2. The van der Waals surface area contributed by atoms with E-state index in [9.17, 15) is 0 Å². The zero-order valence-electron chi connectivity index (χ0n) is 34.0. The van der Waals surface area contributed by atoms with Crippen molar-refractivity contribution in [3.05, 3.63) is 243 Å². The summed E-state index contributed by atoms with van der Waals surface area (Å²) in [6.07, 6.45) is 0. The van der Waals surface area contributed by atoms with Crippen molar-refractivity contribution in [2.75, 3.05) is 4.90 Å². The fraction of sp³-hybridized carbons (Fsp3) is 0. The van der Waals surface area contributed by atoms with E-state index in [1.165, 1.54) is 87.5 Å². The molecule has 0 radical (unpaired) electrons. The van der Waals surface area contributed by atoms with E-state index in [1.807, 2.05) is 0 Å². The van der Waals surface area contributed by atoms with Gasteiger partial charge in [-0.25, -0.2) is 0 Å². The number of nitrogens with zero attached hydrogens (tertiary/aromatic N) is 2. The van der Waals surface area contributed by atoms with Gasteiger partial charge in [-0.05, 0) is 132 Å². The first-order chi connectivity index (χ1) is 30.7. The molecule has 290 valence electrons. The van der Waals surface area contributed by atoms with E-state index in [1.54, 1.807) is 0 Å². The summed E-state index contributed by atoms with van der Waals surface area (Å²) >= 11 is 0. The summed E-state index contributed by atoms with van der Waals surface area (Å²) in [5.41, 5.74) is 14.1. The molecular weight excluding hydrogens is 749 g/mol. The lowest BCUT2D eigenvalue weighted by atomic mass is 9.91. The first kappa shape index (κ1) is 35.7. The number of anilines is 3. The fourth-order valence-electron chi connectivity index (χ4n) is 9.60. The Hall–Kier alpha value is -8.20. The molecule has 0 spiro atoms. The van der Waals surface area contributed by atoms with Crippen LogP contribution in [0.1, 0.15) is 0 Å². The van der Waals surface area contributed by atoms with Crippen molar-refractivity contribution in [1.82, 2.24) is 4.57 Å². The lowest BCUT2D eigenvalue weighted by molar-refractivity contribution is 1.18. The Kier molecular flexibility index (Phi) is 8.53. The first-order valence-corrected chi connectivity index (χ1v) is 21.3. The maximum Gasteiger partial charge on any atom is 0.0541 e. The van der Waals surface area contributed by atoms with E-state index in [0.717, 1.165) is 22.7 Å². The van der Waals surface area contributed by atoms with Crippen LogP contribution in [0.4, 0.5) is 17.1 Å². The Balaban J connectivity index is 0.987. The van der Waals surface area contributed by atoms with Gasteiger partial charge in [-0.3, -0.25) is 0 Å². The lowest BCUT2D eigenvalue weighted by Gasteiger charge is -2.27. The molecule has 0 saturated heterocycles. The van der Waals surface area contributed by atoms with Crippen molar-refractivity contribution in [3.8, 4) is 39.1 Å². The van der Waals surface area contributed by atoms with Crippen molar-refractivity contribution >= 4 is 71.2 Å². The summed E-state index contributed by atoms with van der Waals surface area (Å²) in [6.45, 7) is 0. The Morgan fingerprint density at radius 3 is 1.18 bits per heavy atom. The fourth-order valence-corrected chi connectivity index (χ4v) is 9.60. The average molecular weight is 789 g/mol. The van der Waals surface area contributed by atoms with E-state index in [4.69, 9.17) is 0 Å². The monoisotopic (exact) mass is 788 g/mol. The third-order valence-electron chi connectivity index (χ3n) is 12.6. The molecule has 0 aliphatic heterocycles. The van der Waals surface area contributed by atoms with Gasteiger partial charge in [0.1, 0.15) is 0 Å². The van der Waals surface area contributed by atoms with Gasteiger partial charge in [0, 0.05) is 33.5 Å². The molecule has 0 amide bonds. The van der Waals surface area contributed by atoms with Crippen LogP contribution in [0.5, 0.6) is 0 Å². The summed E-state index contributed by atoms with van der Waals surface area (Å²) in [5.74, 6) is 0. The standard InChI is InChI=1S/C60H40N2/c1-3-14-41(15-4-1)43-26-31-47(32-27-43)61(48-33-28-44(29-34-48)42-16-5-2-6-17-42)50-35-37-54-53-36-30-46(39-57(53)51-20-7-8-21-52(51)58(54)40-50)45-18-13-19-49(38-45)62-59-24-11-9-22-55(59)56-23-10-12-25-60(56)62/h1-40H.